The average molecular weight is 377 g/mol. The van der Waals surface area contributed by atoms with Crippen LogP contribution in [0.25, 0.3) is 11.1 Å². The number of carbonyl (C=O) groups excluding carboxylic acids is 1. The van der Waals surface area contributed by atoms with Crippen molar-refractivity contribution in [1.29, 1.82) is 0 Å². The van der Waals surface area contributed by atoms with Gasteiger partial charge in [-0.05, 0) is 49.0 Å². The zero-order chi connectivity index (χ0) is 17.4. The van der Waals surface area contributed by atoms with Gasteiger partial charge < -0.3 is 9.32 Å². The van der Waals surface area contributed by atoms with Gasteiger partial charge in [0.2, 0.25) is 0 Å². The van der Waals surface area contributed by atoms with Gasteiger partial charge in [-0.1, -0.05) is 23.0 Å². The summed E-state index contributed by atoms with van der Waals surface area (Å²) in [6.45, 7) is 3.35. The predicted octanol–water partition coefficient (Wildman–Crippen LogP) is 3.91. The summed E-state index contributed by atoms with van der Waals surface area (Å²) in [5.74, 6) is 0.994. The maximum absolute atomic E-state index is 12.7. The van der Waals surface area contributed by atoms with Crippen molar-refractivity contribution in [1.82, 2.24) is 19.5 Å². The Morgan fingerprint density at radius 3 is 2.96 bits per heavy atom. The van der Waals surface area contributed by atoms with E-state index in [4.69, 9.17) is 16.0 Å². The van der Waals surface area contributed by atoms with E-state index in [0.29, 0.717) is 23.0 Å². The molecule has 3 heterocycles. The number of hydrogen-bond acceptors (Lipinski definition) is 6. The van der Waals surface area contributed by atoms with Crippen LogP contribution in [0.3, 0.4) is 0 Å². The van der Waals surface area contributed by atoms with Gasteiger partial charge in [-0.2, -0.15) is 0 Å². The van der Waals surface area contributed by atoms with Crippen LogP contribution in [0.4, 0.5) is 0 Å². The maximum atomic E-state index is 12.7. The quantitative estimate of drug-likeness (QED) is 0.692. The van der Waals surface area contributed by atoms with Crippen LogP contribution in [0.5, 0.6) is 0 Å². The Labute approximate surface area is 154 Å². The van der Waals surface area contributed by atoms with Crippen molar-refractivity contribution in [2.75, 3.05) is 13.1 Å². The summed E-state index contributed by atoms with van der Waals surface area (Å²) in [5.41, 5.74) is 2.32. The number of aromatic nitrogens is 3. The lowest BCUT2D eigenvalue weighted by molar-refractivity contribution is 0.0710. The van der Waals surface area contributed by atoms with Crippen LogP contribution in [-0.2, 0) is 6.42 Å². The van der Waals surface area contributed by atoms with Crippen molar-refractivity contribution in [3.05, 3.63) is 39.7 Å². The first-order valence-electron chi connectivity index (χ1n) is 8.32. The molecule has 1 fully saturated rings. The number of fused-ring (bicyclic) bond motifs is 1. The van der Waals surface area contributed by atoms with Crippen molar-refractivity contribution < 1.29 is 9.21 Å². The van der Waals surface area contributed by atoms with E-state index in [0.717, 1.165) is 41.9 Å². The minimum atomic E-state index is 0.0367. The van der Waals surface area contributed by atoms with Crippen LogP contribution in [-0.4, -0.2) is 38.5 Å². The highest BCUT2D eigenvalue weighted by atomic mass is 35.5. The van der Waals surface area contributed by atoms with E-state index >= 15 is 0 Å². The molecule has 0 radical (unpaired) electrons. The molecule has 2 aromatic heterocycles. The Morgan fingerprint density at radius 1 is 1.40 bits per heavy atom. The van der Waals surface area contributed by atoms with Gasteiger partial charge in [0.05, 0.1) is 5.69 Å². The minimum Gasteiger partial charge on any atom is -0.440 e. The topological polar surface area (TPSA) is 72.1 Å². The summed E-state index contributed by atoms with van der Waals surface area (Å²) in [5, 5.41) is 4.68. The lowest BCUT2D eigenvalue weighted by atomic mass is 9.96. The molecule has 0 aliphatic carbocycles. The van der Waals surface area contributed by atoms with Gasteiger partial charge in [0.15, 0.2) is 11.5 Å². The van der Waals surface area contributed by atoms with E-state index < -0.39 is 0 Å². The Bertz CT molecular complexity index is 914. The van der Waals surface area contributed by atoms with Crippen molar-refractivity contribution in [3.8, 4) is 0 Å². The van der Waals surface area contributed by atoms with Crippen molar-refractivity contribution in [2.24, 2.45) is 0 Å². The summed E-state index contributed by atoms with van der Waals surface area (Å²) in [7, 11) is 0. The number of aryl methyl sites for hydroxylation is 1. The Hall–Kier alpha value is -1.99. The molecule has 1 aromatic carbocycles. The van der Waals surface area contributed by atoms with E-state index in [-0.39, 0.29) is 11.8 Å². The Morgan fingerprint density at radius 2 is 2.20 bits per heavy atom. The molecule has 25 heavy (non-hydrogen) atoms. The minimum absolute atomic E-state index is 0.0367. The third-order valence-corrected chi connectivity index (χ3v) is 5.57. The first kappa shape index (κ1) is 16.5. The molecule has 0 atom stereocenters. The zero-order valence-electron chi connectivity index (χ0n) is 13.7. The fourth-order valence-corrected chi connectivity index (χ4v) is 4.05. The molecule has 1 amide bonds. The molecule has 6 nitrogen and oxygen atoms in total. The number of amides is 1. The number of hydrogen-bond donors (Lipinski definition) is 0. The van der Waals surface area contributed by atoms with Crippen molar-refractivity contribution in [2.45, 2.75) is 32.1 Å². The lowest BCUT2D eigenvalue weighted by Crippen LogP contribution is -2.38. The fraction of sp³-hybridized carbons (Fsp3) is 0.412. The van der Waals surface area contributed by atoms with Crippen LogP contribution in [0.2, 0.25) is 5.02 Å². The highest BCUT2D eigenvalue weighted by molar-refractivity contribution is 7.08. The van der Waals surface area contributed by atoms with Gasteiger partial charge >= 0.3 is 0 Å². The molecule has 1 aliphatic heterocycles. The molecule has 4 rings (SSSR count). The van der Waals surface area contributed by atoms with Crippen LogP contribution in [0.15, 0.2) is 22.6 Å². The fourth-order valence-electron chi connectivity index (χ4n) is 3.17. The van der Waals surface area contributed by atoms with Crippen molar-refractivity contribution >= 4 is 40.1 Å². The van der Waals surface area contributed by atoms with E-state index in [2.05, 4.69) is 14.6 Å². The second-order valence-electron chi connectivity index (χ2n) is 6.13. The Balaban J connectivity index is 1.46. The first-order valence-corrected chi connectivity index (χ1v) is 9.47. The summed E-state index contributed by atoms with van der Waals surface area (Å²) >= 11 is 7.19. The second-order valence-corrected chi connectivity index (χ2v) is 7.32. The van der Waals surface area contributed by atoms with E-state index in [9.17, 15) is 4.79 Å². The Kier molecular flexibility index (Phi) is 4.43. The highest BCUT2D eigenvalue weighted by Gasteiger charge is 2.29. The number of likely N-dealkylation sites (tertiary alicyclic amines) is 1. The monoisotopic (exact) mass is 376 g/mol. The van der Waals surface area contributed by atoms with Gasteiger partial charge in [0, 0.05) is 24.0 Å². The van der Waals surface area contributed by atoms with Crippen molar-refractivity contribution in [3.63, 3.8) is 0 Å². The SMILES string of the molecule is CCc1nnsc1C(=O)N1CCC(c2nc3cc(Cl)ccc3o2)CC1. The van der Waals surface area contributed by atoms with Gasteiger partial charge in [-0.25, -0.2) is 4.98 Å². The largest absolute Gasteiger partial charge is 0.440 e. The predicted molar refractivity (Wildman–Crippen MR) is 96.2 cm³/mol. The van der Waals surface area contributed by atoms with Crippen LogP contribution >= 0.6 is 23.1 Å². The molecular formula is C17H17ClN4O2S. The summed E-state index contributed by atoms with van der Waals surface area (Å²) in [6, 6.07) is 5.45. The standard InChI is InChI=1S/C17H17ClN4O2S/c1-2-12-15(25-21-20-12)17(23)22-7-5-10(6-8-22)16-19-13-9-11(18)3-4-14(13)24-16/h3-4,9-10H,2,5-8H2,1H3. The molecule has 0 saturated carbocycles. The van der Waals surface area contributed by atoms with Crippen LogP contribution in [0, 0.1) is 0 Å². The zero-order valence-corrected chi connectivity index (χ0v) is 15.3. The lowest BCUT2D eigenvalue weighted by Gasteiger charge is -2.30. The molecule has 0 unspecified atom stereocenters. The molecule has 3 aromatic rings. The molecule has 0 N–H and O–H groups in total. The van der Waals surface area contributed by atoms with Crippen LogP contribution in [0.1, 0.15) is 46.9 Å². The first-order chi connectivity index (χ1) is 12.2. The maximum Gasteiger partial charge on any atom is 0.267 e. The molecule has 0 spiro atoms. The number of oxazole rings is 1. The smallest absolute Gasteiger partial charge is 0.267 e. The van der Waals surface area contributed by atoms with Crippen LogP contribution < -0.4 is 0 Å². The molecule has 0 bridgehead atoms. The van der Waals surface area contributed by atoms with Gasteiger partial charge in [0.25, 0.3) is 5.91 Å². The third-order valence-electron chi connectivity index (χ3n) is 4.58. The number of rotatable bonds is 3. The molecule has 8 heteroatoms. The summed E-state index contributed by atoms with van der Waals surface area (Å²) < 4.78 is 9.79. The number of nitrogens with zero attached hydrogens (tertiary/aromatic N) is 4. The summed E-state index contributed by atoms with van der Waals surface area (Å²) in [6.07, 6.45) is 2.39. The molecule has 1 aliphatic rings. The van der Waals surface area contributed by atoms with Gasteiger partial charge in [-0.15, -0.1) is 5.10 Å². The molecular weight excluding hydrogens is 360 g/mol. The normalized spacial score (nSPS) is 15.8. The number of piperidine rings is 1. The number of halogens is 1. The van der Waals surface area contributed by atoms with E-state index in [1.54, 1.807) is 6.07 Å². The number of carbonyl (C=O) groups is 1. The van der Waals surface area contributed by atoms with Gasteiger partial charge in [-0.3, -0.25) is 4.79 Å². The number of benzene rings is 1. The van der Waals surface area contributed by atoms with E-state index in [1.165, 1.54) is 11.5 Å². The summed E-state index contributed by atoms with van der Waals surface area (Å²) in [4.78, 5) is 19.8. The second kappa shape index (κ2) is 6.72. The molecule has 130 valence electrons. The van der Waals surface area contributed by atoms with E-state index in [1.807, 2.05) is 24.0 Å². The van der Waals surface area contributed by atoms with Gasteiger partial charge in [0.1, 0.15) is 10.4 Å². The highest BCUT2D eigenvalue weighted by Crippen LogP contribution is 2.31. The molecule has 1 saturated heterocycles. The third kappa shape index (κ3) is 3.14. The average Bonchev–Trinajstić information content (AvgIpc) is 3.27.